The van der Waals surface area contributed by atoms with Gasteiger partial charge < -0.3 is 15.1 Å². The van der Waals surface area contributed by atoms with Crippen LogP contribution in [-0.4, -0.2) is 37.1 Å². The van der Waals surface area contributed by atoms with Crippen molar-refractivity contribution in [2.45, 2.75) is 0 Å². The zero-order chi connectivity index (χ0) is 19.7. The Bertz CT molecular complexity index is 1040. The maximum Gasteiger partial charge on any atom is 0.322 e. The SMILES string of the molecule is O=C(Nc1cc(F)ccc1F)N1CCN(c2cc[nH+]c3cc(Cl)ccc23)CC1. The number of benzene rings is 2. The van der Waals surface area contributed by atoms with E-state index in [1.807, 2.05) is 30.5 Å². The van der Waals surface area contributed by atoms with Crippen LogP contribution in [0, 0.1) is 11.6 Å². The largest absolute Gasteiger partial charge is 0.367 e. The van der Waals surface area contributed by atoms with Gasteiger partial charge >= 0.3 is 6.03 Å². The highest BCUT2D eigenvalue weighted by molar-refractivity contribution is 6.31. The number of carbonyl (C=O) groups excluding carboxylic acids is 1. The summed E-state index contributed by atoms with van der Waals surface area (Å²) in [5.74, 6) is -1.27. The van der Waals surface area contributed by atoms with Crippen molar-refractivity contribution >= 4 is 39.9 Å². The number of hydrogen-bond acceptors (Lipinski definition) is 2. The van der Waals surface area contributed by atoms with Gasteiger partial charge in [0.2, 0.25) is 5.52 Å². The second-order valence-corrected chi connectivity index (χ2v) is 7.02. The predicted octanol–water partition coefficient (Wildman–Crippen LogP) is 3.94. The molecule has 2 aromatic carbocycles. The molecule has 0 saturated carbocycles. The van der Waals surface area contributed by atoms with E-state index in [4.69, 9.17) is 11.6 Å². The van der Waals surface area contributed by atoms with Gasteiger partial charge in [-0.3, -0.25) is 0 Å². The number of halogens is 3. The molecule has 8 heteroatoms. The van der Waals surface area contributed by atoms with E-state index in [9.17, 15) is 13.6 Å². The van der Waals surface area contributed by atoms with Crippen LogP contribution in [-0.2, 0) is 0 Å². The number of urea groups is 1. The molecule has 5 nitrogen and oxygen atoms in total. The topological polar surface area (TPSA) is 49.7 Å². The Morgan fingerprint density at radius 1 is 1.04 bits per heavy atom. The first-order chi connectivity index (χ1) is 13.5. The third-order valence-corrected chi connectivity index (χ3v) is 5.05. The molecule has 2 N–H and O–H groups in total. The number of pyridine rings is 1. The number of hydrogen-bond donors (Lipinski definition) is 1. The van der Waals surface area contributed by atoms with Crippen molar-refractivity contribution in [2.24, 2.45) is 0 Å². The summed E-state index contributed by atoms with van der Waals surface area (Å²) in [4.78, 5) is 19.4. The summed E-state index contributed by atoms with van der Waals surface area (Å²) in [7, 11) is 0. The van der Waals surface area contributed by atoms with E-state index >= 15 is 0 Å². The van der Waals surface area contributed by atoms with Gasteiger partial charge in [-0.2, -0.15) is 0 Å². The molecule has 28 heavy (non-hydrogen) atoms. The number of carbonyl (C=O) groups is 1. The standard InChI is InChI=1S/C20H17ClF2N4O/c21-13-1-3-15-17(11-13)24-6-5-19(15)26-7-9-27(10-8-26)20(28)25-18-12-14(22)2-4-16(18)23/h1-6,11-12H,7-10H2,(H,25,28)/p+1. The minimum absolute atomic E-state index is 0.158. The van der Waals surface area contributed by atoms with Crippen LogP contribution >= 0.6 is 11.6 Å². The summed E-state index contributed by atoms with van der Waals surface area (Å²) < 4.78 is 27.0. The molecule has 0 radical (unpaired) electrons. The van der Waals surface area contributed by atoms with E-state index in [2.05, 4.69) is 15.2 Å². The van der Waals surface area contributed by atoms with Crippen LogP contribution in [0.1, 0.15) is 0 Å². The van der Waals surface area contributed by atoms with Crippen molar-refractivity contribution in [1.29, 1.82) is 0 Å². The molecule has 144 valence electrons. The first-order valence-electron chi connectivity index (χ1n) is 8.87. The fourth-order valence-electron chi connectivity index (χ4n) is 3.37. The molecule has 1 saturated heterocycles. The summed E-state index contributed by atoms with van der Waals surface area (Å²) in [6.45, 7) is 2.19. The van der Waals surface area contributed by atoms with Gasteiger partial charge in [-0.15, -0.1) is 0 Å². The van der Waals surface area contributed by atoms with Crippen LogP contribution < -0.4 is 15.2 Å². The van der Waals surface area contributed by atoms with Crippen molar-refractivity contribution in [3.63, 3.8) is 0 Å². The van der Waals surface area contributed by atoms with Gasteiger partial charge in [-0.05, 0) is 24.3 Å². The van der Waals surface area contributed by atoms with Crippen LogP contribution in [0.25, 0.3) is 10.9 Å². The smallest absolute Gasteiger partial charge is 0.322 e. The molecule has 4 rings (SSSR count). The highest BCUT2D eigenvalue weighted by Gasteiger charge is 2.24. The second-order valence-electron chi connectivity index (χ2n) is 6.58. The number of rotatable bonds is 2. The molecular weight excluding hydrogens is 386 g/mol. The van der Waals surface area contributed by atoms with Gasteiger partial charge in [-0.1, -0.05) is 11.6 Å². The van der Waals surface area contributed by atoms with Crippen molar-refractivity contribution in [3.8, 4) is 0 Å². The van der Waals surface area contributed by atoms with Crippen molar-refractivity contribution < 1.29 is 18.6 Å². The highest BCUT2D eigenvalue weighted by Crippen LogP contribution is 2.27. The number of nitrogens with zero attached hydrogens (tertiary/aromatic N) is 2. The Kier molecular flexibility index (Phi) is 5.00. The molecule has 0 unspecified atom stereocenters. The first kappa shape index (κ1) is 18.4. The van der Waals surface area contributed by atoms with E-state index in [0.29, 0.717) is 31.2 Å². The van der Waals surface area contributed by atoms with Gasteiger partial charge in [0.05, 0.1) is 16.8 Å². The molecule has 2 amide bonds. The predicted molar refractivity (Wildman–Crippen MR) is 105 cm³/mol. The molecule has 3 aromatic rings. The maximum absolute atomic E-state index is 13.7. The summed E-state index contributed by atoms with van der Waals surface area (Å²) >= 11 is 6.06. The second kappa shape index (κ2) is 7.59. The number of anilines is 2. The lowest BCUT2D eigenvalue weighted by Crippen LogP contribution is -2.50. The molecule has 0 bridgehead atoms. The summed E-state index contributed by atoms with van der Waals surface area (Å²) in [6.07, 6.45) is 1.86. The number of amides is 2. The van der Waals surface area contributed by atoms with E-state index in [0.717, 1.165) is 34.8 Å². The molecule has 0 spiro atoms. The van der Waals surface area contributed by atoms with E-state index in [1.165, 1.54) is 0 Å². The van der Waals surface area contributed by atoms with Gasteiger partial charge in [-0.25, -0.2) is 18.6 Å². The van der Waals surface area contributed by atoms with E-state index in [-0.39, 0.29) is 5.69 Å². The summed E-state index contributed by atoms with van der Waals surface area (Å²) in [5, 5.41) is 4.15. The van der Waals surface area contributed by atoms with E-state index < -0.39 is 17.7 Å². The molecule has 1 aliphatic rings. The third-order valence-electron chi connectivity index (χ3n) is 4.82. The zero-order valence-corrected chi connectivity index (χ0v) is 15.6. The summed E-state index contributed by atoms with van der Waals surface area (Å²) in [6, 6.07) is 10.2. The number of H-pyrrole nitrogens is 1. The van der Waals surface area contributed by atoms with Crippen LogP contribution in [0.3, 0.4) is 0 Å². The zero-order valence-electron chi connectivity index (χ0n) is 14.9. The highest BCUT2D eigenvalue weighted by atomic mass is 35.5. The quantitative estimate of drug-likeness (QED) is 0.704. The minimum atomic E-state index is -0.668. The van der Waals surface area contributed by atoms with Crippen LogP contribution in [0.4, 0.5) is 25.0 Å². The number of piperazine rings is 1. The van der Waals surface area contributed by atoms with Crippen LogP contribution in [0.2, 0.25) is 5.02 Å². The maximum atomic E-state index is 13.7. The summed E-state index contributed by atoms with van der Waals surface area (Å²) in [5.41, 5.74) is 1.84. The van der Waals surface area contributed by atoms with Gasteiger partial charge in [0.1, 0.15) is 11.6 Å². The number of aromatic amines is 1. The fraction of sp³-hybridized carbons (Fsp3) is 0.200. The average molecular weight is 404 g/mol. The van der Waals surface area contributed by atoms with Crippen molar-refractivity contribution in [2.75, 3.05) is 36.4 Å². The lowest BCUT2D eigenvalue weighted by Gasteiger charge is -2.36. The molecule has 2 heterocycles. The molecule has 0 aliphatic carbocycles. The van der Waals surface area contributed by atoms with Gasteiger partial charge in [0, 0.05) is 49.4 Å². The van der Waals surface area contributed by atoms with Gasteiger partial charge in [0.15, 0.2) is 6.20 Å². The minimum Gasteiger partial charge on any atom is -0.367 e. The van der Waals surface area contributed by atoms with Gasteiger partial charge in [0.25, 0.3) is 0 Å². The number of fused-ring (bicyclic) bond motifs is 1. The number of aromatic nitrogens is 1. The van der Waals surface area contributed by atoms with Crippen molar-refractivity contribution in [1.82, 2.24) is 4.90 Å². The molecule has 1 aliphatic heterocycles. The number of nitrogens with one attached hydrogen (secondary N) is 2. The monoisotopic (exact) mass is 403 g/mol. The lowest BCUT2D eigenvalue weighted by atomic mass is 10.1. The Morgan fingerprint density at radius 2 is 1.82 bits per heavy atom. The first-order valence-corrected chi connectivity index (χ1v) is 9.25. The van der Waals surface area contributed by atoms with Crippen molar-refractivity contribution in [3.05, 3.63) is 65.3 Å². The molecule has 1 fully saturated rings. The Balaban J connectivity index is 1.45. The van der Waals surface area contributed by atoms with Crippen LogP contribution in [0.5, 0.6) is 0 Å². The average Bonchev–Trinajstić information content (AvgIpc) is 2.70. The Morgan fingerprint density at radius 3 is 2.61 bits per heavy atom. The molecule has 0 atom stereocenters. The molecule has 1 aromatic heterocycles. The Hall–Kier alpha value is -2.93. The Labute approximate surface area is 165 Å². The normalized spacial score (nSPS) is 14.4. The molecular formula is C20H18ClF2N4O+. The fourth-order valence-corrected chi connectivity index (χ4v) is 3.55. The van der Waals surface area contributed by atoms with E-state index in [1.54, 1.807) is 4.90 Å². The van der Waals surface area contributed by atoms with Crippen LogP contribution in [0.15, 0.2) is 48.7 Å². The third kappa shape index (κ3) is 3.71. The lowest BCUT2D eigenvalue weighted by molar-refractivity contribution is -0.344.